The van der Waals surface area contributed by atoms with Gasteiger partial charge in [0.1, 0.15) is 5.75 Å². The Morgan fingerprint density at radius 1 is 1.26 bits per heavy atom. The molecule has 0 saturated carbocycles. The van der Waals surface area contributed by atoms with E-state index in [2.05, 4.69) is 4.98 Å². The molecular weight excluding hydrogens is 246 g/mol. The molecule has 0 atom stereocenters. The molecule has 0 spiro atoms. The number of hydrogen-bond acceptors (Lipinski definition) is 4. The van der Waals surface area contributed by atoms with E-state index in [-0.39, 0.29) is 0 Å². The maximum atomic E-state index is 11.9. The van der Waals surface area contributed by atoms with Crippen LogP contribution >= 0.6 is 0 Å². The maximum absolute atomic E-state index is 11.9. The van der Waals surface area contributed by atoms with Gasteiger partial charge in [-0.05, 0) is 13.0 Å². The van der Waals surface area contributed by atoms with Crippen LogP contribution in [0.1, 0.15) is 12.6 Å². The SMILES string of the molecule is CCN1CCN(Cc2cc(OC)ccn2)C(=O)C1=O. The van der Waals surface area contributed by atoms with Crippen molar-refractivity contribution < 1.29 is 14.3 Å². The minimum absolute atomic E-state index is 0.333. The van der Waals surface area contributed by atoms with Crippen molar-refractivity contribution in [2.75, 3.05) is 26.7 Å². The number of ether oxygens (including phenoxy) is 1. The van der Waals surface area contributed by atoms with Crippen molar-refractivity contribution in [1.29, 1.82) is 0 Å². The number of carbonyl (C=O) groups is 2. The summed E-state index contributed by atoms with van der Waals surface area (Å²) in [6, 6.07) is 3.51. The zero-order chi connectivity index (χ0) is 13.8. The number of nitrogens with zero attached hydrogens (tertiary/aromatic N) is 3. The van der Waals surface area contributed by atoms with Crippen LogP contribution in [-0.4, -0.2) is 53.3 Å². The molecule has 0 aliphatic carbocycles. The van der Waals surface area contributed by atoms with Crippen molar-refractivity contribution in [3.63, 3.8) is 0 Å². The molecule has 0 unspecified atom stereocenters. The summed E-state index contributed by atoms with van der Waals surface area (Å²) in [4.78, 5) is 31.0. The molecule has 102 valence electrons. The Hall–Kier alpha value is -2.11. The third kappa shape index (κ3) is 2.83. The van der Waals surface area contributed by atoms with Crippen molar-refractivity contribution in [3.8, 4) is 5.75 Å². The van der Waals surface area contributed by atoms with Gasteiger partial charge in [-0.2, -0.15) is 0 Å². The molecule has 2 amide bonds. The minimum Gasteiger partial charge on any atom is -0.497 e. The summed E-state index contributed by atoms with van der Waals surface area (Å²) < 4.78 is 5.11. The Bertz CT molecular complexity index is 490. The standard InChI is InChI=1S/C13H17N3O3/c1-3-15-6-7-16(13(18)12(15)17)9-10-8-11(19-2)4-5-14-10/h4-5,8H,3,6-7,9H2,1-2H3. The number of hydrogen-bond donors (Lipinski definition) is 0. The fourth-order valence-corrected chi connectivity index (χ4v) is 2.03. The van der Waals surface area contributed by atoms with Crippen LogP contribution in [0.4, 0.5) is 0 Å². The highest BCUT2D eigenvalue weighted by atomic mass is 16.5. The Labute approximate surface area is 112 Å². The lowest BCUT2D eigenvalue weighted by Gasteiger charge is -2.32. The summed E-state index contributed by atoms with van der Waals surface area (Å²) in [7, 11) is 1.58. The molecule has 2 rings (SSSR count). The Balaban J connectivity index is 2.07. The number of likely N-dealkylation sites (N-methyl/N-ethyl adjacent to an activating group) is 1. The third-order valence-electron chi connectivity index (χ3n) is 3.16. The van der Waals surface area contributed by atoms with Crippen LogP contribution in [-0.2, 0) is 16.1 Å². The zero-order valence-corrected chi connectivity index (χ0v) is 11.1. The first-order chi connectivity index (χ1) is 9.15. The molecule has 19 heavy (non-hydrogen) atoms. The van der Waals surface area contributed by atoms with Gasteiger partial charge in [0.05, 0.1) is 19.3 Å². The fourth-order valence-electron chi connectivity index (χ4n) is 2.03. The first kappa shape index (κ1) is 13.3. The quantitative estimate of drug-likeness (QED) is 0.732. The molecule has 6 nitrogen and oxygen atoms in total. The van der Waals surface area contributed by atoms with E-state index >= 15 is 0 Å². The molecule has 0 aromatic carbocycles. The molecule has 1 aliphatic rings. The van der Waals surface area contributed by atoms with Crippen molar-refractivity contribution in [1.82, 2.24) is 14.8 Å². The Kier molecular flexibility index (Phi) is 3.99. The summed E-state index contributed by atoms with van der Waals surface area (Å²) >= 11 is 0. The fraction of sp³-hybridized carbons (Fsp3) is 0.462. The van der Waals surface area contributed by atoms with Crippen molar-refractivity contribution in [2.45, 2.75) is 13.5 Å². The first-order valence-corrected chi connectivity index (χ1v) is 6.22. The number of aromatic nitrogens is 1. The predicted octanol–water partition coefficient (Wildman–Crippen LogP) is 0.281. The van der Waals surface area contributed by atoms with Gasteiger partial charge < -0.3 is 14.5 Å². The van der Waals surface area contributed by atoms with Gasteiger partial charge in [-0.15, -0.1) is 0 Å². The van der Waals surface area contributed by atoms with Gasteiger partial charge in [0, 0.05) is 31.9 Å². The minimum atomic E-state index is -0.460. The van der Waals surface area contributed by atoms with Crippen molar-refractivity contribution in [2.24, 2.45) is 0 Å². The Morgan fingerprint density at radius 2 is 1.95 bits per heavy atom. The van der Waals surface area contributed by atoms with E-state index in [0.29, 0.717) is 37.6 Å². The van der Waals surface area contributed by atoms with Gasteiger partial charge in [-0.25, -0.2) is 0 Å². The number of rotatable bonds is 4. The molecule has 1 aromatic heterocycles. The molecule has 6 heteroatoms. The van der Waals surface area contributed by atoms with Gasteiger partial charge in [-0.1, -0.05) is 0 Å². The van der Waals surface area contributed by atoms with E-state index in [9.17, 15) is 9.59 Å². The first-order valence-electron chi connectivity index (χ1n) is 6.22. The summed E-state index contributed by atoms with van der Waals surface area (Å²) in [6.07, 6.45) is 1.63. The lowest BCUT2D eigenvalue weighted by molar-refractivity contribution is -0.156. The molecular formula is C13H17N3O3. The normalized spacial score (nSPS) is 15.9. The largest absolute Gasteiger partial charge is 0.497 e. The van der Waals surface area contributed by atoms with Crippen LogP contribution < -0.4 is 4.74 Å². The van der Waals surface area contributed by atoms with E-state index in [0.717, 1.165) is 0 Å². The van der Waals surface area contributed by atoms with E-state index in [1.54, 1.807) is 30.3 Å². The van der Waals surface area contributed by atoms with E-state index < -0.39 is 11.8 Å². The average molecular weight is 263 g/mol. The zero-order valence-electron chi connectivity index (χ0n) is 11.1. The van der Waals surface area contributed by atoms with Gasteiger partial charge in [0.2, 0.25) is 0 Å². The second-order valence-corrected chi connectivity index (χ2v) is 4.30. The number of amides is 2. The van der Waals surface area contributed by atoms with E-state index in [4.69, 9.17) is 4.74 Å². The molecule has 1 aromatic rings. The highest BCUT2D eigenvalue weighted by Crippen LogP contribution is 2.13. The molecule has 1 fully saturated rings. The summed E-state index contributed by atoms with van der Waals surface area (Å²) in [5.74, 6) is -0.203. The van der Waals surface area contributed by atoms with E-state index in [1.165, 1.54) is 4.90 Å². The molecule has 2 heterocycles. The summed E-state index contributed by atoms with van der Waals surface area (Å²) in [6.45, 7) is 3.88. The number of pyridine rings is 1. The molecule has 1 aliphatic heterocycles. The summed E-state index contributed by atoms with van der Waals surface area (Å²) in [5, 5.41) is 0. The van der Waals surface area contributed by atoms with Gasteiger partial charge in [0.15, 0.2) is 0 Å². The number of piperazine rings is 1. The second kappa shape index (κ2) is 5.69. The van der Waals surface area contributed by atoms with Crippen LogP contribution in [0.5, 0.6) is 5.75 Å². The van der Waals surface area contributed by atoms with Gasteiger partial charge in [0.25, 0.3) is 0 Å². The van der Waals surface area contributed by atoms with Gasteiger partial charge in [-0.3, -0.25) is 14.6 Å². The monoisotopic (exact) mass is 263 g/mol. The van der Waals surface area contributed by atoms with Crippen LogP contribution in [0.3, 0.4) is 0 Å². The van der Waals surface area contributed by atoms with Crippen LogP contribution in [0.25, 0.3) is 0 Å². The molecule has 1 saturated heterocycles. The highest BCUT2D eigenvalue weighted by molar-refractivity contribution is 6.35. The van der Waals surface area contributed by atoms with Crippen LogP contribution in [0.2, 0.25) is 0 Å². The average Bonchev–Trinajstić information content (AvgIpc) is 2.44. The van der Waals surface area contributed by atoms with Crippen molar-refractivity contribution in [3.05, 3.63) is 24.0 Å². The predicted molar refractivity (Wildman–Crippen MR) is 68.5 cm³/mol. The Morgan fingerprint density at radius 3 is 2.63 bits per heavy atom. The molecule has 0 N–H and O–H groups in total. The lowest BCUT2D eigenvalue weighted by atomic mass is 10.2. The topological polar surface area (TPSA) is 62.7 Å². The van der Waals surface area contributed by atoms with Gasteiger partial charge >= 0.3 is 11.8 Å². The highest BCUT2D eigenvalue weighted by Gasteiger charge is 2.31. The molecule has 0 bridgehead atoms. The van der Waals surface area contributed by atoms with Crippen molar-refractivity contribution >= 4 is 11.8 Å². The maximum Gasteiger partial charge on any atom is 0.312 e. The van der Waals surface area contributed by atoms with Crippen LogP contribution in [0.15, 0.2) is 18.3 Å². The number of carbonyl (C=O) groups excluding carboxylic acids is 2. The van der Waals surface area contributed by atoms with E-state index in [1.807, 2.05) is 6.92 Å². The lowest BCUT2D eigenvalue weighted by Crippen LogP contribution is -2.53. The van der Waals surface area contributed by atoms with Crippen LogP contribution in [0, 0.1) is 0 Å². The summed E-state index contributed by atoms with van der Waals surface area (Å²) in [5.41, 5.74) is 0.713. The third-order valence-corrected chi connectivity index (χ3v) is 3.16. The molecule has 0 radical (unpaired) electrons. The second-order valence-electron chi connectivity index (χ2n) is 4.30. The number of methoxy groups -OCH3 is 1. The smallest absolute Gasteiger partial charge is 0.312 e.